The van der Waals surface area contributed by atoms with Crippen LogP contribution < -0.4 is 5.32 Å². The van der Waals surface area contributed by atoms with Gasteiger partial charge in [-0.3, -0.25) is 4.79 Å². The van der Waals surface area contributed by atoms with Gasteiger partial charge in [0, 0.05) is 49.5 Å². The number of benzene rings is 1. The van der Waals surface area contributed by atoms with E-state index in [2.05, 4.69) is 25.4 Å². The van der Waals surface area contributed by atoms with Crippen LogP contribution in [0.25, 0.3) is 23.0 Å². The molecule has 0 aliphatic heterocycles. The van der Waals surface area contributed by atoms with E-state index in [1.807, 2.05) is 41.1 Å². The zero-order valence-electron chi connectivity index (χ0n) is 14.3. The Kier molecular flexibility index (Phi) is 4.69. The van der Waals surface area contributed by atoms with Crippen molar-refractivity contribution in [3.05, 3.63) is 72.9 Å². The summed E-state index contributed by atoms with van der Waals surface area (Å²) < 4.78 is 7.14. The van der Waals surface area contributed by atoms with E-state index in [0.717, 1.165) is 5.56 Å². The molecular weight excluding hydrogens is 344 g/mol. The topological polar surface area (TPSA) is 98.7 Å². The minimum atomic E-state index is -0.293. The van der Waals surface area contributed by atoms with E-state index in [-0.39, 0.29) is 11.6 Å². The third-order valence-electron chi connectivity index (χ3n) is 3.92. The molecule has 0 fully saturated rings. The molecule has 4 aromatic rings. The van der Waals surface area contributed by atoms with Crippen LogP contribution in [0.4, 0.5) is 0 Å². The lowest BCUT2D eigenvalue weighted by molar-refractivity contribution is 0.0943. The Morgan fingerprint density at radius 1 is 1.04 bits per heavy atom. The molecule has 0 radical (unpaired) electrons. The maximum absolute atomic E-state index is 12.3. The van der Waals surface area contributed by atoms with E-state index in [1.54, 1.807) is 30.7 Å². The molecule has 134 valence electrons. The van der Waals surface area contributed by atoms with Gasteiger partial charge in [-0.2, -0.15) is 0 Å². The lowest BCUT2D eigenvalue weighted by Crippen LogP contribution is -2.27. The van der Waals surface area contributed by atoms with Crippen LogP contribution in [0.15, 0.2) is 71.8 Å². The Bertz CT molecular complexity index is 1030. The number of imidazole rings is 1. The number of amides is 1. The Morgan fingerprint density at radius 2 is 1.85 bits per heavy atom. The summed E-state index contributed by atoms with van der Waals surface area (Å²) >= 11 is 0. The average Bonchev–Trinajstić information content (AvgIpc) is 3.39. The summed E-state index contributed by atoms with van der Waals surface area (Å²) in [5, 5.41) is 6.68. The molecule has 4 rings (SSSR count). The fraction of sp³-hybridized carbons (Fsp3) is 0.105. The summed E-state index contributed by atoms with van der Waals surface area (Å²) in [6.45, 7) is 0.936. The van der Waals surface area contributed by atoms with Crippen LogP contribution in [0.3, 0.4) is 0 Å². The molecular formula is C19H16N6O2. The molecule has 8 nitrogen and oxygen atoms in total. The maximum Gasteiger partial charge on any atom is 0.273 e. The van der Waals surface area contributed by atoms with Crippen molar-refractivity contribution in [3.8, 4) is 23.0 Å². The number of nitrogens with one attached hydrogen (secondary N) is 1. The molecule has 27 heavy (non-hydrogen) atoms. The molecule has 1 aromatic carbocycles. The van der Waals surface area contributed by atoms with Gasteiger partial charge in [0.2, 0.25) is 0 Å². The Morgan fingerprint density at radius 3 is 2.67 bits per heavy atom. The monoisotopic (exact) mass is 360 g/mol. The van der Waals surface area contributed by atoms with Crippen molar-refractivity contribution in [1.82, 2.24) is 30.0 Å². The average molecular weight is 360 g/mol. The fourth-order valence-corrected chi connectivity index (χ4v) is 2.61. The number of nitrogens with zero attached hydrogens (tertiary/aromatic N) is 5. The lowest BCUT2D eigenvalue weighted by atomic mass is 10.1. The summed E-state index contributed by atoms with van der Waals surface area (Å²) in [6.07, 6.45) is 6.83. The molecule has 0 spiro atoms. The van der Waals surface area contributed by atoms with Crippen LogP contribution in [0.5, 0.6) is 0 Å². The van der Waals surface area contributed by atoms with Crippen LogP contribution in [0, 0.1) is 0 Å². The largest absolute Gasteiger partial charge is 0.355 e. The molecule has 0 saturated heterocycles. The zero-order chi connectivity index (χ0) is 18.5. The van der Waals surface area contributed by atoms with Gasteiger partial charge in [-0.1, -0.05) is 35.5 Å². The molecule has 0 unspecified atom stereocenters. The SMILES string of the molecule is O=C(NCCn1ccnc1-c1ncccn1)c1cc(-c2ccccc2)on1. The van der Waals surface area contributed by atoms with Gasteiger partial charge in [0.25, 0.3) is 5.91 Å². The molecule has 0 atom stereocenters. The van der Waals surface area contributed by atoms with E-state index in [0.29, 0.717) is 30.5 Å². The third kappa shape index (κ3) is 3.74. The van der Waals surface area contributed by atoms with Gasteiger partial charge in [0.15, 0.2) is 23.1 Å². The van der Waals surface area contributed by atoms with E-state index >= 15 is 0 Å². The predicted molar refractivity (Wildman–Crippen MR) is 97.5 cm³/mol. The number of rotatable bonds is 6. The minimum absolute atomic E-state index is 0.242. The molecule has 1 N–H and O–H groups in total. The van der Waals surface area contributed by atoms with Crippen molar-refractivity contribution >= 4 is 5.91 Å². The second-order valence-corrected chi connectivity index (χ2v) is 5.71. The van der Waals surface area contributed by atoms with Gasteiger partial charge in [-0.15, -0.1) is 0 Å². The van der Waals surface area contributed by atoms with E-state index in [4.69, 9.17) is 4.52 Å². The second-order valence-electron chi connectivity index (χ2n) is 5.71. The molecule has 0 bridgehead atoms. The molecule has 0 aliphatic carbocycles. The van der Waals surface area contributed by atoms with Gasteiger partial charge in [0.05, 0.1) is 0 Å². The quantitative estimate of drug-likeness (QED) is 0.567. The van der Waals surface area contributed by atoms with Crippen LogP contribution in [0.1, 0.15) is 10.5 Å². The van der Waals surface area contributed by atoms with Crippen molar-refractivity contribution in [2.75, 3.05) is 6.54 Å². The number of hydrogen-bond acceptors (Lipinski definition) is 6. The van der Waals surface area contributed by atoms with Gasteiger partial charge >= 0.3 is 0 Å². The first-order chi connectivity index (χ1) is 13.3. The third-order valence-corrected chi connectivity index (χ3v) is 3.92. The zero-order valence-corrected chi connectivity index (χ0v) is 14.3. The minimum Gasteiger partial charge on any atom is -0.355 e. The summed E-state index contributed by atoms with van der Waals surface area (Å²) in [6, 6.07) is 12.9. The van der Waals surface area contributed by atoms with E-state index in [9.17, 15) is 4.79 Å². The van der Waals surface area contributed by atoms with Crippen molar-refractivity contribution in [1.29, 1.82) is 0 Å². The number of carbonyl (C=O) groups excluding carboxylic acids is 1. The number of carbonyl (C=O) groups is 1. The van der Waals surface area contributed by atoms with E-state index < -0.39 is 0 Å². The fourth-order valence-electron chi connectivity index (χ4n) is 2.61. The lowest BCUT2D eigenvalue weighted by Gasteiger charge is -2.07. The van der Waals surface area contributed by atoms with Gasteiger partial charge < -0.3 is 14.4 Å². The normalized spacial score (nSPS) is 10.7. The van der Waals surface area contributed by atoms with E-state index in [1.165, 1.54) is 0 Å². The Balaban J connectivity index is 1.37. The molecule has 8 heteroatoms. The molecule has 3 heterocycles. The standard InChI is InChI=1S/C19H16N6O2/c26-19(15-13-16(27-24-15)14-5-2-1-3-6-14)23-10-12-25-11-9-22-18(25)17-20-7-4-8-21-17/h1-9,11,13H,10,12H2,(H,23,26). The predicted octanol–water partition coefficient (Wildman–Crippen LogP) is 2.43. The maximum atomic E-state index is 12.3. The van der Waals surface area contributed by atoms with Crippen LogP contribution in [-0.4, -0.2) is 37.1 Å². The van der Waals surface area contributed by atoms with Crippen LogP contribution in [0.2, 0.25) is 0 Å². The molecule has 0 aliphatic rings. The number of hydrogen-bond donors (Lipinski definition) is 1. The molecule has 0 saturated carbocycles. The number of aromatic nitrogens is 5. The highest BCUT2D eigenvalue weighted by Crippen LogP contribution is 2.19. The highest BCUT2D eigenvalue weighted by atomic mass is 16.5. The highest BCUT2D eigenvalue weighted by molar-refractivity contribution is 5.93. The molecule has 1 amide bonds. The summed E-state index contributed by atoms with van der Waals surface area (Å²) in [5.41, 5.74) is 1.11. The van der Waals surface area contributed by atoms with Gasteiger partial charge in [0.1, 0.15) is 0 Å². The van der Waals surface area contributed by atoms with Gasteiger partial charge in [-0.05, 0) is 6.07 Å². The van der Waals surface area contributed by atoms with Crippen LogP contribution in [-0.2, 0) is 6.54 Å². The summed E-state index contributed by atoms with van der Waals surface area (Å²) in [7, 11) is 0. The first kappa shape index (κ1) is 16.6. The van der Waals surface area contributed by atoms with Crippen molar-refractivity contribution in [2.45, 2.75) is 6.54 Å². The first-order valence-electron chi connectivity index (χ1n) is 8.40. The molecule has 3 aromatic heterocycles. The smallest absolute Gasteiger partial charge is 0.273 e. The second kappa shape index (κ2) is 7.61. The summed E-state index contributed by atoms with van der Waals surface area (Å²) in [5.74, 6) is 1.45. The Labute approximate surface area is 154 Å². The van der Waals surface area contributed by atoms with Crippen molar-refractivity contribution in [3.63, 3.8) is 0 Å². The van der Waals surface area contributed by atoms with Gasteiger partial charge in [-0.25, -0.2) is 15.0 Å². The first-order valence-corrected chi connectivity index (χ1v) is 8.40. The van der Waals surface area contributed by atoms with Crippen LogP contribution >= 0.6 is 0 Å². The van der Waals surface area contributed by atoms with Crippen molar-refractivity contribution in [2.24, 2.45) is 0 Å². The Hall–Kier alpha value is -3.81. The van der Waals surface area contributed by atoms with Crippen molar-refractivity contribution < 1.29 is 9.32 Å². The summed E-state index contributed by atoms with van der Waals surface area (Å²) in [4.78, 5) is 25.0. The highest BCUT2D eigenvalue weighted by Gasteiger charge is 2.14.